The first-order valence-corrected chi connectivity index (χ1v) is 5.71. The molecule has 18 heavy (non-hydrogen) atoms. The molecule has 1 heterocycles. The third-order valence-electron chi connectivity index (χ3n) is 2.57. The van der Waals surface area contributed by atoms with Gasteiger partial charge in [-0.15, -0.1) is 0 Å². The Hall–Kier alpha value is -2.11. The number of hydrogen-bond acceptors (Lipinski definition) is 4. The molecule has 1 saturated carbocycles. The number of hydrogen-bond donors (Lipinski definition) is 2. The molecule has 1 unspecified atom stereocenters. The summed E-state index contributed by atoms with van der Waals surface area (Å²) in [5, 5.41) is 11.6. The van der Waals surface area contributed by atoms with Crippen LogP contribution in [0.5, 0.6) is 5.75 Å². The number of carbonyl (C=O) groups excluding carboxylic acids is 1. The Bertz CT molecular complexity index is 471. The maximum Gasteiger partial charge on any atom is 0.337 e. The molecule has 1 aromatic heterocycles. The van der Waals surface area contributed by atoms with Crippen LogP contribution in [0.3, 0.4) is 0 Å². The van der Waals surface area contributed by atoms with E-state index in [1.54, 1.807) is 6.92 Å². The van der Waals surface area contributed by atoms with Crippen LogP contribution in [-0.2, 0) is 4.79 Å². The van der Waals surface area contributed by atoms with Crippen molar-refractivity contribution < 1.29 is 19.4 Å². The van der Waals surface area contributed by atoms with Crippen LogP contribution in [0.1, 0.15) is 30.1 Å². The van der Waals surface area contributed by atoms with Crippen molar-refractivity contribution in [1.82, 2.24) is 10.3 Å². The van der Waals surface area contributed by atoms with Gasteiger partial charge in [0.25, 0.3) is 5.91 Å². The summed E-state index contributed by atoms with van der Waals surface area (Å²) in [7, 11) is 0. The van der Waals surface area contributed by atoms with E-state index >= 15 is 0 Å². The van der Waals surface area contributed by atoms with Crippen LogP contribution in [-0.4, -0.2) is 34.1 Å². The number of aromatic carboxylic acids is 1. The number of rotatable bonds is 5. The summed E-state index contributed by atoms with van der Waals surface area (Å²) < 4.78 is 5.36. The molecule has 1 amide bonds. The number of ether oxygens (including phenoxy) is 1. The molecule has 0 saturated heterocycles. The Morgan fingerprint density at radius 2 is 2.22 bits per heavy atom. The molecule has 2 N–H and O–H groups in total. The molecule has 6 heteroatoms. The SMILES string of the molecule is CC(Oc1cncc(C(=O)O)c1)C(=O)NC1CC1. The van der Waals surface area contributed by atoms with Crippen molar-refractivity contribution in [1.29, 1.82) is 0 Å². The van der Waals surface area contributed by atoms with E-state index in [4.69, 9.17) is 9.84 Å². The van der Waals surface area contributed by atoms with Gasteiger partial charge >= 0.3 is 5.97 Å². The minimum atomic E-state index is -1.08. The van der Waals surface area contributed by atoms with Crippen molar-refractivity contribution >= 4 is 11.9 Å². The molecule has 0 bridgehead atoms. The number of nitrogens with one attached hydrogen (secondary N) is 1. The lowest BCUT2D eigenvalue weighted by Crippen LogP contribution is -2.37. The Balaban J connectivity index is 1.96. The van der Waals surface area contributed by atoms with Crippen LogP contribution in [0.25, 0.3) is 0 Å². The minimum Gasteiger partial charge on any atom is -0.479 e. The molecule has 1 aliphatic rings. The van der Waals surface area contributed by atoms with Gasteiger partial charge in [-0.05, 0) is 25.8 Å². The van der Waals surface area contributed by atoms with E-state index in [0.29, 0.717) is 0 Å². The van der Waals surface area contributed by atoms with Crippen LogP contribution in [0, 0.1) is 0 Å². The third-order valence-corrected chi connectivity index (χ3v) is 2.57. The van der Waals surface area contributed by atoms with Crippen LogP contribution in [0.15, 0.2) is 18.5 Å². The number of carboxylic acids is 1. The van der Waals surface area contributed by atoms with Gasteiger partial charge in [0, 0.05) is 12.2 Å². The van der Waals surface area contributed by atoms with E-state index in [-0.39, 0.29) is 23.3 Å². The lowest BCUT2D eigenvalue weighted by molar-refractivity contribution is -0.127. The Morgan fingerprint density at radius 3 is 2.83 bits per heavy atom. The Labute approximate surface area is 104 Å². The second-order valence-electron chi connectivity index (χ2n) is 4.26. The van der Waals surface area contributed by atoms with E-state index in [2.05, 4.69) is 10.3 Å². The van der Waals surface area contributed by atoms with Crippen LogP contribution in [0.2, 0.25) is 0 Å². The van der Waals surface area contributed by atoms with Crippen molar-refractivity contribution in [3.8, 4) is 5.75 Å². The molecule has 0 radical (unpaired) electrons. The first-order valence-electron chi connectivity index (χ1n) is 5.71. The Kier molecular flexibility index (Phi) is 3.45. The fraction of sp³-hybridized carbons (Fsp3) is 0.417. The summed E-state index contributed by atoms with van der Waals surface area (Å²) in [5.74, 6) is -1.00. The first-order chi connectivity index (χ1) is 8.56. The fourth-order valence-electron chi connectivity index (χ4n) is 1.40. The standard InChI is InChI=1S/C12H14N2O4/c1-7(11(15)14-9-2-3-9)18-10-4-8(12(16)17)5-13-6-10/h4-7,9H,2-3H2,1H3,(H,14,15)(H,16,17). The summed E-state index contributed by atoms with van der Waals surface area (Å²) in [6.45, 7) is 1.62. The van der Waals surface area contributed by atoms with E-state index in [0.717, 1.165) is 12.8 Å². The van der Waals surface area contributed by atoms with Gasteiger partial charge in [-0.2, -0.15) is 0 Å². The number of amides is 1. The normalized spacial score (nSPS) is 15.8. The zero-order valence-electron chi connectivity index (χ0n) is 9.92. The summed E-state index contributed by atoms with van der Waals surface area (Å²) in [6, 6.07) is 1.61. The largest absolute Gasteiger partial charge is 0.479 e. The average Bonchev–Trinajstić information content (AvgIpc) is 3.13. The highest BCUT2D eigenvalue weighted by molar-refractivity contribution is 5.87. The highest BCUT2D eigenvalue weighted by Gasteiger charge is 2.26. The van der Waals surface area contributed by atoms with E-state index < -0.39 is 12.1 Å². The van der Waals surface area contributed by atoms with Gasteiger partial charge in [0.2, 0.25) is 0 Å². The second-order valence-corrected chi connectivity index (χ2v) is 4.26. The molecule has 1 aromatic rings. The van der Waals surface area contributed by atoms with Crippen LogP contribution < -0.4 is 10.1 Å². The van der Waals surface area contributed by atoms with Gasteiger partial charge in [-0.25, -0.2) is 4.79 Å². The highest BCUT2D eigenvalue weighted by atomic mass is 16.5. The van der Waals surface area contributed by atoms with Crippen molar-refractivity contribution in [2.24, 2.45) is 0 Å². The van der Waals surface area contributed by atoms with E-state index in [9.17, 15) is 9.59 Å². The predicted molar refractivity (Wildman–Crippen MR) is 62.5 cm³/mol. The number of carboxylic acid groups (broad SMARTS) is 1. The van der Waals surface area contributed by atoms with Crippen molar-refractivity contribution in [3.05, 3.63) is 24.0 Å². The summed E-state index contributed by atoms with van der Waals surface area (Å²) in [6.07, 6.45) is 3.96. The van der Waals surface area contributed by atoms with Crippen molar-refractivity contribution in [2.75, 3.05) is 0 Å². The minimum absolute atomic E-state index is 0.0299. The molecule has 0 spiro atoms. The van der Waals surface area contributed by atoms with Gasteiger partial charge in [0.15, 0.2) is 6.10 Å². The highest BCUT2D eigenvalue weighted by Crippen LogP contribution is 2.19. The molecule has 6 nitrogen and oxygen atoms in total. The predicted octanol–water partition coefficient (Wildman–Crippen LogP) is 0.826. The van der Waals surface area contributed by atoms with Crippen molar-refractivity contribution in [3.63, 3.8) is 0 Å². The molecule has 1 atom stereocenters. The smallest absolute Gasteiger partial charge is 0.337 e. The summed E-state index contributed by atoms with van der Waals surface area (Å²) in [5.41, 5.74) is 0.0299. The van der Waals surface area contributed by atoms with Gasteiger partial charge in [0.1, 0.15) is 5.75 Å². The molecule has 1 fully saturated rings. The quantitative estimate of drug-likeness (QED) is 0.807. The first kappa shape index (κ1) is 12.3. The fourth-order valence-corrected chi connectivity index (χ4v) is 1.40. The molecule has 0 aromatic carbocycles. The maximum absolute atomic E-state index is 11.6. The number of nitrogens with zero attached hydrogens (tertiary/aromatic N) is 1. The van der Waals surface area contributed by atoms with Crippen molar-refractivity contribution in [2.45, 2.75) is 31.9 Å². The molecule has 2 rings (SSSR count). The molecule has 1 aliphatic carbocycles. The van der Waals surface area contributed by atoms with Gasteiger partial charge in [0.05, 0.1) is 11.8 Å². The molecule has 0 aliphatic heterocycles. The molecular weight excluding hydrogens is 236 g/mol. The maximum atomic E-state index is 11.6. The topological polar surface area (TPSA) is 88.5 Å². The van der Waals surface area contributed by atoms with Gasteiger partial charge < -0.3 is 15.2 Å². The number of carbonyl (C=O) groups is 2. The van der Waals surface area contributed by atoms with Gasteiger partial charge in [-0.3, -0.25) is 9.78 Å². The zero-order chi connectivity index (χ0) is 13.1. The average molecular weight is 250 g/mol. The third kappa shape index (κ3) is 3.19. The Morgan fingerprint density at radius 1 is 1.50 bits per heavy atom. The van der Waals surface area contributed by atoms with E-state index in [1.807, 2.05) is 0 Å². The number of aromatic nitrogens is 1. The van der Waals surface area contributed by atoms with Crippen LogP contribution in [0.4, 0.5) is 0 Å². The second kappa shape index (κ2) is 5.03. The van der Waals surface area contributed by atoms with Gasteiger partial charge in [-0.1, -0.05) is 0 Å². The summed E-state index contributed by atoms with van der Waals surface area (Å²) in [4.78, 5) is 26.1. The molecular formula is C12H14N2O4. The van der Waals surface area contributed by atoms with E-state index in [1.165, 1.54) is 18.5 Å². The van der Waals surface area contributed by atoms with Crippen LogP contribution >= 0.6 is 0 Å². The number of pyridine rings is 1. The monoisotopic (exact) mass is 250 g/mol. The lowest BCUT2D eigenvalue weighted by atomic mass is 10.3. The molecule has 96 valence electrons. The lowest BCUT2D eigenvalue weighted by Gasteiger charge is -2.14. The zero-order valence-corrected chi connectivity index (χ0v) is 9.92. The summed E-state index contributed by atoms with van der Waals surface area (Å²) >= 11 is 0.